The van der Waals surface area contributed by atoms with E-state index < -0.39 is 47.0 Å². The Hall–Kier alpha value is -1.67. The van der Waals surface area contributed by atoms with Gasteiger partial charge in [0.1, 0.15) is 15.8 Å². The van der Waals surface area contributed by atoms with Gasteiger partial charge in [-0.05, 0) is 23.3 Å². The van der Waals surface area contributed by atoms with Gasteiger partial charge < -0.3 is 10.2 Å². The molecule has 0 heterocycles. The Labute approximate surface area is 186 Å². The first-order valence-electron chi connectivity index (χ1n) is 7.91. The van der Waals surface area contributed by atoms with Gasteiger partial charge in [0.25, 0.3) is 10.1 Å². The van der Waals surface area contributed by atoms with Crippen molar-refractivity contribution in [2.24, 2.45) is 0 Å². The Bertz CT molecular complexity index is 1170. The summed E-state index contributed by atoms with van der Waals surface area (Å²) in [5.41, 5.74) is -0.531. The van der Waals surface area contributed by atoms with Crippen molar-refractivity contribution < 1.29 is 23.2 Å². The van der Waals surface area contributed by atoms with Gasteiger partial charge in [-0.2, -0.15) is 8.42 Å². The Kier molecular flexibility index (Phi) is 5.98. The first-order chi connectivity index (χ1) is 13.5. The number of rotatable bonds is 4. The number of phenolic OH excluding ortho intramolecular Hbond substituents is 2. The van der Waals surface area contributed by atoms with Crippen LogP contribution in [0.5, 0.6) is 11.5 Å². The van der Waals surface area contributed by atoms with Gasteiger partial charge in [0.2, 0.25) is 0 Å². The number of benzene rings is 3. The number of phenols is 2. The number of aromatic hydroxyl groups is 2. The molecule has 5 nitrogen and oxygen atoms in total. The fraction of sp³-hybridized carbons (Fsp3) is 0.0526. The monoisotopic (exact) mass is 492 g/mol. The van der Waals surface area contributed by atoms with Crippen molar-refractivity contribution in [2.45, 2.75) is 4.75 Å². The zero-order valence-electron chi connectivity index (χ0n) is 14.3. The van der Waals surface area contributed by atoms with Crippen LogP contribution in [0.1, 0.15) is 16.7 Å². The first kappa shape index (κ1) is 22.0. The molecular formula is C19H12Cl4O5S. The number of hydrogen-bond acceptors (Lipinski definition) is 4. The number of hydrogen-bond donors (Lipinski definition) is 3. The molecule has 10 heteroatoms. The summed E-state index contributed by atoms with van der Waals surface area (Å²) in [6, 6.07) is 13.2. The Balaban J connectivity index is 2.66. The lowest BCUT2D eigenvalue weighted by Crippen LogP contribution is -2.38. The lowest BCUT2D eigenvalue weighted by atomic mass is 9.83. The zero-order chi connectivity index (χ0) is 21.6. The summed E-state index contributed by atoms with van der Waals surface area (Å²) in [5, 5.41) is 19.3. The second-order valence-electron chi connectivity index (χ2n) is 6.05. The third kappa shape index (κ3) is 3.44. The topological polar surface area (TPSA) is 94.8 Å². The molecule has 0 spiro atoms. The molecule has 0 aliphatic heterocycles. The van der Waals surface area contributed by atoms with Crippen LogP contribution < -0.4 is 0 Å². The van der Waals surface area contributed by atoms with E-state index in [4.69, 9.17) is 46.4 Å². The molecule has 1 atom stereocenters. The van der Waals surface area contributed by atoms with Crippen LogP contribution >= 0.6 is 46.4 Å². The molecule has 0 aliphatic rings. The first-order valence-corrected chi connectivity index (χ1v) is 10.9. The van der Waals surface area contributed by atoms with Crippen LogP contribution in [-0.2, 0) is 14.9 Å². The SMILES string of the molecule is O=S(=O)(O)C(c1ccccc1)(c1cccc(Cl)c1)c1c(O)c(Cl)c(O)c(Cl)c1Cl. The molecule has 0 amide bonds. The third-order valence-electron chi connectivity index (χ3n) is 4.42. The van der Waals surface area contributed by atoms with Crippen LogP contribution in [0, 0.1) is 0 Å². The van der Waals surface area contributed by atoms with Crippen molar-refractivity contribution in [1.29, 1.82) is 0 Å². The highest BCUT2D eigenvalue weighted by Gasteiger charge is 2.52. The second kappa shape index (κ2) is 7.87. The van der Waals surface area contributed by atoms with E-state index in [0.717, 1.165) is 0 Å². The highest BCUT2D eigenvalue weighted by molar-refractivity contribution is 7.87. The Morgan fingerprint density at radius 2 is 1.31 bits per heavy atom. The molecular weight excluding hydrogens is 482 g/mol. The molecule has 3 aromatic carbocycles. The minimum Gasteiger partial charge on any atom is -0.506 e. The predicted octanol–water partition coefficient (Wildman–Crippen LogP) is 5.89. The predicted molar refractivity (Wildman–Crippen MR) is 114 cm³/mol. The van der Waals surface area contributed by atoms with Crippen molar-refractivity contribution in [2.75, 3.05) is 0 Å². The van der Waals surface area contributed by atoms with Crippen LogP contribution in [0.4, 0.5) is 0 Å². The van der Waals surface area contributed by atoms with Gasteiger partial charge >= 0.3 is 0 Å². The Morgan fingerprint density at radius 3 is 1.86 bits per heavy atom. The molecule has 29 heavy (non-hydrogen) atoms. The van der Waals surface area contributed by atoms with Crippen LogP contribution in [0.3, 0.4) is 0 Å². The minimum atomic E-state index is -5.10. The highest BCUT2D eigenvalue weighted by Crippen LogP contribution is 2.56. The summed E-state index contributed by atoms with van der Waals surface area (Å²) in [5.74, 6) is -1.59. The highest BCUT2D eigenvalue weighted by atomic mass is 35.5. The van der Waals surface area contributed by atoms with Crippen LogP contribution in [0.25, 0.3) is 0 Å². The lowest BCUT2D eigenvalue weighted by molar-refractivity contribution is 0.431. The summed E-state index contributed by atoms with van der Waals surface area (Å²) < 4.78 is 34.0. The Morgan fingerprint density at radius 1 is 0.724 bits per heavy atom. The molecule has 0 radical (unpaired) electrons. The maximum atomic E-state index is 13.0. The number of halogens is 4. The molecule has 1 unspecified atom stereocenters. The summed E-state index contributed by atoms with van der Waals surface area (Å²) in [7, 11) is -5.10. The van der Waals surface area contributed by atoms with E-state index in [1.165, 1.54) is 48.5 Å². The van der Waals surface area contributed by atoms with Gasteiger partial charge in [0.15, 0.2) is 10.5 Å². The van der Waals surface area contributed by atoms with E-state index in [2.05, 4.69) is 0 Å². The smallest absolute Gasteiger partial charge is 0.283 e. The van der Waals surface area contributed by atoms with Crippen molar-refractivity contribution in [3.63, 3.8) is 0 Å². The molecule has 152 valence electrons. The standard InChI is InChI=1S/C19H12Cl4O5S/c20-12-8-4-7-11(9-12)19(29(26,27)28,10-5-2-1-3-6-10)13-14(21)15(22)18(25)16(23)17(13)24/h1-9,24-25H,(H,26,27,28). The van der Waals surface area contributed by atoms with Crippen LogP contribution in [-0.4, -0.2) is 23.2 Å². The van der Waals surface area contributed by atoms with Crippen LogP contribution in [0.2, 0.25) is 20.1 Å². The fourth-order valence-electron chi connectivity index (χ4n) is 3.22. The van der Waals surface area contributed by atoms with Gasteiger partial charge in [-0.15, -0.1) is 0 Å². The van der Waals surface area contributed by atoms with Crippen molar-refractivity contribution >= 4 is 56.5 Å². The minimum absolute atomic E-state index is 0.0276. The molecule has 3 aromatic rings. The van der Waals surface area contributed by atoms with E-state index in [0.29, 0.717) is 0 Å². The average Bonchev–Trinajstić information content (AvgIpc) is 2.68. The lowest BCUT2D eigenvalue weighted by Gasteiger charge is -2.34. The molecule has 3 N–H and O–H groups in total. The van der Waals surface area contributed by atoms with Crippen molar-refractivity contribution in [3.8, 4) is 11.5 Å². The van der Waals surface area contributed by atoms with Gasteiger partial charge in [-0.3, -0.25) is 4.55 Å². The summed E-state index contributed by atoms with van der Waals surface area (Å²) in [4.78, 5) is 0. The fourth-order valence-corrected chi connectivity index (χ4v) is 5.53. The molecule has 0 fully saturated rings. The molecule has 0 saturated carbocycles. The normalized spacial score (nSPS) is 13.8. The zero-order valence-corrected chi connectivity index (χ0v) is 18.1. The van der Waals surface area contributed by atoms with E-state index in [-0.39, 0.29) is 16.1 Å². The second-order valence-corrected chi connectivity index (χ2v) is 9.18. The van der Waals surface area contributed by atoms with E-state index in [1.54, 1.807) is 6.07 Å². The van der Waals surface area contributed by atoms with Gasteiger partial charge in [-0.25, -0.2) is 0 Å². The molecule has 0 saturated heterocycles. The average molecular weight is 494 g/mol. The van der Waals surface area contributed by atoms with Gasteiger partial charge in [0, 0.05) is 10.6 Å². The molecule has 0 bridgehead atoms. The van der Waals surface area contributed by atoms with E-state index in [1.807, 2.05) is 0 Å². The summed E-state index contributed by atoms with van der Waals surface area (Å²) in [6.45, 7) is 0. The summed E-state index contributed by atoms with van der Waals surface area (Å²) in [6.07, 6.45) is 0. The molecule has 0 aromatic heterocycles. The maximum Gasteiger partial charge on any atom is 0.283 e. The molecule has 3 rings (SSSR count). The van der Waals surface area contributed by atoms with Crippen LogP contribution in [0.15, 0.2) is 54.6 Å². The van der Waals surface area contributed by atoms with Crippen molar-refractivity contribution in [1.82, 2.24) is 0 Å². The maximum absolute atomic E-state index is 13.0. The van der Waals surface area contributed by atoms with Crippen molar-refractivity contribution in [3.05, 3.63) is 91.4 Å². The van der Waals surface area contributed by atoms with E-state index >= 15 is 0 Å². The van der Waals surface area contributed by atoms with Gasteiger partial charge in [-0.1, -0.05) is 88.9 Å². The molecule has 0 aliphatic carbocycles. The third-order valence-corrected chi connectivity index (χ3v) is 7.31. The quantitative estimate of drug-likeness (QED) is 0.239. The summed E-state index contributed by atoms with van der Waals surface area (Å²) >= 11 is 24.4. The van der Waals surface area contributed by atoms with Gasteiger partial charge in [0.05, 0.1) is 5.02 Å². The largest absolute Gasteiger partial charge is 0.506 e. The van der Waals surface area contributed by atoms with E-state index in [9.17, 15) is 23.2 Å².